The maximum atomic E-state index is 15.1. The van der Waals surface area contributed by atoms with Crippen molar-refractivity contribution in [1.29, 1.82) is 0 Å². The molecule has 1 fully saturated rings. The highest BCUT2D eigenvalue weighted by Crippen LogP contribution is 2.62. The van der Waals surface area contributed by atoms with Gasteiger partial charge in [0.05, 0.1) is 0 Å². The number of carbonyl (C=O) groups is 2. The topological polar surface area (TPSA) is 71.1 Å². The van der Waals surface area contributed by atoms with E-state index in [0.29, 0.717) is 0 Å². The van der Waals surface area contributed by atoms with Crippen LogP contribution in [0.25, 0.3) is 0 Å². The van der Waals surface area contributed by atoms with Gasteiger partial charge in [-0.2, -0.15) is 0 Å². The van der Waals surface area contributed by atoms with E-state index in [4.69, 9.17) is 0 Å². The molecule has 0 heterocycles. The zero-order valence-electron chi connectivity index (χ0n) is 14.7. The van der Waals surface area contributed by atoms with Gasteiger partial charge in [-0.05, 0) is 18.8 Å². The van der Waals surface area contributed by atoms with E-state index in [2.05, 4.69) is 18.9 Å². The van der Waals surface area contributed by atoms with E-state index in [1.54, 1.807) is 0 Å². The molecule has 26 heavy (non-hydrogen) atoms. The molecule has 0 amide bonds. The van der Waals surface area contributed by atoms with Gasteiger partial charge in [0.25, 0.3) is 5.92 Å². The Labute approximate surface area is 146 Å². The molecule has 0 bridgehead atoms. The zero-order chi connectivity index (χ0) is 20.4. The fourth-order valence-electron chi connectivity index (χ4n) is 3.10. The summed E-state index contributed by atoms with van der Waals surface area (Å²) in [5.41, 5.74) is -8.09. The summed E-state index contributed by atoms with van der Waals surface area (Å²) in [5, 5.41) is 0. The highest BCUT2D eigenvalue weighted by Gasteiger charge is 2.83. The number of hydrogen-bond acceptors (Lipinski definition) is 6. The fourth-order valence-corrected chi connectivity index (χ4v) is 3.10. The molecule has 0 aliphatic heterocycles. The number of alkyl halides is 5. The largest absolute Gasteiger partial charge is 0.437 e. The average molecular weight is 392 g/mol. The molecule has 2 atom stereocenters. The van der Waals surface area contributed by atoms with E-state index in [0.717, 1.165) is 21.1 Å². The summed E-state index contributed by atoms with van der Waals surface area (Å²) in [4.78, 5) is 24.6. The van der Waals surface area contributed by atoms with E-state index < -0.39 is 67.2 Å². The van der Waals surface area contributed by atoms with Crippen LogP contribution >= 0.6 is 0 Å². The van der Waals surface area contributed by atoms with Crippen LogP contribution in [0.4, 0.5) is 22.0 Å². The lowest BCUT2D eigenvalue weighted by atomic mass is 9.59. The van der Waals surface area contributed by atoms with Crippen LogP contribution in [0.3, 0.4) is 0 Å². The molecule has 1 rings (SSSR count). The normalized spacial score (nSPS) is 27.7. The molecule has 2 unspecified atom stereocenters. The maximum Gasteiger partial charge on any atom is 0.332 e. The van der Waals surface area contributed by atoms with Gasteiger partial charge in [-0.15, -0.1) is 0 Å². The average Bonchev–Trinajstić information content (AvgIpc) is 2.52. The van der Waals surface area contributed by atoms with Crippen molar-refractivity contribution in [3.63, 3.8) is 0 Å². The Morgan fingerprint density at radius 1 is 1.00 bits per heavy atom. The summed E-state index contributed by atoms with van der Waals surface area (Å²) >= 11 is 0. The summed E-state index contributed by atoms with van der Waals surface area (Å²) in [6, 6.07) is 0. The van der Waals surface area contributed by atoms with E-state index in [-0.39, 0.29) is 6.92 Å². The predicted octanol–water partition coefficient (Wildman–Crippen LogP) is 2.70. The molecule has 152 valence electrons. The number of rotatable bonds is 7. The van der Waals surface area contributed by atoms with Crippen LogP contribution in [-0.4, -0.2) is 57.3 Å². The smallest absolute Gasteiger partial charge is 0.332 e. The number of methoxy groups -OCH3 is 2. The van der Waals surface area contributed by atoms with Crippen LogP contribution in [0.1, 0.15) is 26.7 Å². The molecule has 0 spiro atoms. The van der Waals surface area contributed by atoms with Gasteiger partial charge in [0.15, 0.2) is 13.6 Å². The molecule has 6 nitrogen and oxygen atoms in total. The van der Waals surface area contributed by atoms with Gasteiger partial charge in [0, 0.05) is 21.1 Å². The zero-order valence-corrected chi connectivity index (χ0v) is 14.7. The molecule has 1 aliphatic carbocycles. The minimum atomic E-state index is -5.12. The second-order valence-electron chi connectivity index (χ2n) is 6.36. The summed E-state index contributed by atoms with van der Waals surface area (Å²) in [7, 11) is 2.12. The summed E-state index contributed by atoms with van der Waals surface area (Å²) in [5.74, 6) is -14.7. The van der Waals surface area contributed by atoms with Crippen molar-refractivity contribution in [2.75, 3.05) is 27.8 Å². The Kier molecular flexibility index (Phi) is 6.62. The van der Waals surface area contributed by atoms with Gasteiger partial charge in [-0.25, -0.2) is 22.0 Å². The van der Waals surface area contributed by atoms with E-state index in [1.165, 1.54) is 0 Å². The third-order valence-corrected chi connectivity index (χ3v) is 4.33. The fraction of sp³-hybridized carbons (Fsp3) is 0.867. The van der Waals surface area contributed by atoms with Gasteiger partial charge in [0.1, 0.15) is 0 Å². The molecule has 0 aromatic carbocycles. The second-order valence-corrected chi connectivity index (χ2v) is 6.36. The highest BCUT2D eigenvalue weighted by atomic mass is 19.3. The van der Waals surface area contributed by atoms with Gasteiger partial charge >= 0.3 is 17.9 Å². The van der Waals surface area contributed by atoms with E-state index in [9.17, 15) is 22.8 Å². The van der Waals surface area contributed by atoms with E-state index >= 15 is 8.78 Å². The van der Waals surface area contributed by atoms with Crippen LogP contribution in [0.15, 0.2) is 0 Å². The van der Waals surface area contributed by atoms with Crippen LogP contribution in [0, 0.1) is 11.3 Å². The Hall–Kier alpha value is -1.49. The molecule has 0 radical (unpaired) electrons. The van der Waals surface area contributed by atoms with Crippen molar-refractivity contribution >= 4 is 11.9 Å². The summed E-state index contributed by atoms with van der Waals surface area (Å²) < 4.78 is 90.5. The molecule has 0 aromatic rings. The van der Waals surface area contributed by atoms with Crippen LogP contribution in [0.5, 0.6) is 0 Å². The number of halogens is 5. The molecule has 1 aliphatic rings. The third kappa shape index (κ3) is 3.38. The lowest BCUT2D eigenvalue weighted by molar-refractivity contribution is -0.308. The monoisotopic (exact) mass is 392 g/mol. The molecular formula is C15H21F5O6. The maximum absolute atomic E-state index is 15.1. The van der Waals surface area contributed by atoms with Crippen molar-refractivity contribution in [2.24, 2.45) is 11.3 Å². The minimum absolute atomic E-state index is 0.0370. The van der Waals surface area contributed by atoms with Crippen LogP contribution < -0.4 is 0 Å². The Morgan fingerprint density at radius 3 is 1.77 bits per heavy atom. The quantitative estimate of drug-likeness (QED) is 0.287. The first-order valence-electron chi connectivity index (χ1n) is 7.58. The van der Waals surface area contributed by atoms with Crippen molar-refractivity contribution in [2.45, 2.75) is 44.2 Å². The predicted molar refractivity (Wildman–Crippen MR) is 76.2 cm³/mol. The molecule has 0 aromatic heterocycles. The van der Waals surface area contributed by atoms with Crippen molar-refractivity contribution in [3.05, 3.63) is 0 Å². The van der Waals surface area contributed by atoms with Gasteiger partial charge in [-0.3, -0.25) is 9.59 Å². The Morgan fingerprint density at radius 2 is 1.42 bits per heavy atom. The third-order valence-electron chi connectivity index (χ3n) is 4.33. The van der Waals surface area contributed by atoms with E-state index in [1.807, 2.05) is 0 Å². The Balaban J connectivity index is 3.58. The van der Waals surface area contributed by atoms with Gasteiger partial charge in [0.2, 0.25) is 11.1 Å². The first kappa shape index (κ1) is 22.6. The van der Waals surface area contributed by atoms with Gasteiger partial charge < -0.3 is 18.9 Å². The Bertz CT molecular complexity index is 515. The lowest BCUT2D eigenvalue weighted by Crippen LogP contribution is -2.71. The molecule has 0 N–H and O–H groups in total. The first-order chi connectivity index (χ1) is 11.8. The van der Waals surface area contributed by atoms with Crippen molar-refractivity contribution in [3.8, 4) is 0 Å². The number of carbonyl (C=O) groups excluding carboxylic acids is 2. The summed E-state index contributed by atoms with van der Waals surface area (Å²) in [6.07, 6.45) is -2.22. The van der Waals surface area contributed by atoms with Crippen LogP contribution in [0.2, 0.25) is 0 Å². The molecular weight excluding hydrogens is 371 g/mol. The van der Waals surface area contributed by atoms with Crippen molar-refractivity contribution < 1.29 is 50.5 Å². The second kappa shape index (κ2) is 7.63. The standard InChI is InChI=1S/C15H21F5O6/c1-9-5-13(10(21)25-7-23-3,11(22)26-8-24-4)15(19,20)14(18,6-9)12(2,16)17/h9H,5-8H2,1-4H3. The first-order valence-corrected chi connectivity index (χ1v) is 7.58. The molecule has 1 saturated carbocycles. The molecule has 11 heteroatoms. The highest BCUT2D eigenvalue weighted by molar-refractivity contribution is 6.02. The van der Waals surface area contributed by atoms with Gasteiger partial charge in [-0.1, -0.05) is 6.92 Å². The number of ether oxygens (including phenoxy) is 4. The minimum Gasteiger partial charge on any atom is -0.437 e. The van der Waals surface area contributed by atoms with Crippen LogP contribution in [-0.2, 0) is 28.5 Å². The number of hydrogen-bond donors (Lipinski definition) is 0. The SMILES string of the molecule is COCOC(=O)C1(C(=O)OCOC)CC(C)CC(F)(C(C)(F)F)C1(F)F. The van der Waals surface area contributed by atoms with Crippen molar-refractivity contribution in [1.82, 2.24) is 0 Å². The summed E-state index contributed by atoms with van der Waals surface area (Å²) in [6.45, 7) is -0.559. The lowest BCUT2D eigenvalue weighted by Gasteiger charge is -2.50. The number of esters is 2. The molecule has 0 saturated heterocycles.